The molecule has 0 radical (unpaired) electrons. The highest BCUT2D eigenvalue weighted by atomic mass is 19.1. The van der Waals surface area contributed by atoms with Crippen LogP contribution in [0.2, 0.25) is 0 Å². The number of benzene rings is 2. The summed E-state index contributed by atoms with van der Waals surface area (Å²) in [7, 11) is 0. The SMILES string of the molecule is NC(Cc1c[nH]c2ccccc12)c1nc(C(=O)Nc2ccc(F)cc2)co1. The normalized spacial score (nSPS) is 12.2. The van der Waals surface area contributed by atoms with Crippen molar-refractivity contribution in [3.05, 3.63) is 84.0 Å². The number of H-pyrrole nitrogens is 1. The van der Waals surface area contributed by atoms with Crippen molar-refractivity contribution >= 4 is 22.5 Å². The van der Waals surface area contributed by atoms with E-state index in [0.29, 0.717) is 12.1 Å². The van der Waals surface area contributed by atoms with Gasteiger partial charge in [0, 0.05) is 22.8 Å². The molecule has 4 aromatic rings. The van der Waals surface area contributed by atoms with Crippen LogP contribution in [-0.4, -0.2) is 15.9 Å². The number of fused-ring (bicyclic) bond motifs is 1. The number of carbonyl (C=O) groups is 1. The van der Waals surface area contributed by atoms with E-state index < -0.39 is 11.9 Å². The Hall–Kier alpha value is -3.45. The van der Waals surface area contributed by atoms with E-state index in [1.807, 2.05) is 30.5 Å². The fourth-order valence-corrected chi connectivity index (χ4v) is 2.92. The van der Waals surface area contributed by atoms with Gasteiger partial charge in [-0.1, -0.05) is 18.2 Å². The number of halogens is 1. The van der Waals surface area contributed by atoms with Crippen LogP contribution in [0.3, 0.4) is 0 Å². The van der Waals surface area contributed by atoms with Crippen LogP contribution in [0.25, 0.3) is 10.9 Å². The molecule has 0 aliphatic carbocycles. The Balaban J connectivity index is 1.46. The molecule has 0 fully saturated rings. The molecule has 136 valence electrons. The highest BCUT2D eigenvalue weighted by molar-refractivity contribution is 6.02. The van der Waals surface area contributed by atoms with Crippen molar-refractivity contribution in [2.45, 2.75) is 12.5 Å². The lowest BCUT2D eigenvalue weighted by Crippen LogP contribution is -2.16. The third kappa shape index (κ3) is 3.58. The Morgan fingerprint density at radius 2 is 2.00 bits per heavy atom. The van der Waals surface area contributed by atoms with E-state index in [0.717, 1.165) is 16.5 Å². The van der Waals surface area contributed by atoms with E-state index >= 15 is 0 Å². The number of oxazole rings is 1. The predicted molar refractivity (Wildman–Crippen MR) is 99.8 cm³/mol. The standard InChI is InChI=1S/C20H17FN4O2/c21-13-5-7-14(8-6-13)24-19(26)18-11-27-20(25-18)16(22)9-12-10-23-17-4-2-1-3-15(12)17/h1-8,10-11,16,23H,9,22H2,(H,24,26). The Morgan fingerprint density at radius 3 is 2.81 bits per heavy atom. The maximum atomic E-state index is 12.9. The Bertz CT molecular complexity index is 1080. The zero-order chi connectivity index (χ0) is 18.8. The van der Waals surface area contributed by atoms with Gasteiger partial charge in [-0.05, 0) is 42.3 Å². The van der Waals surface area contributed by atoms with Gasteiger partial charge < -0.3 is 20.5 Å². The number of hydrogen-bond acceptors (Lipinski definition) is 4. The van der Waals surface area contributed by atoms with E-state index in [9.17, 15) is 9.18 Å². The fraction of sp³-hybridized carbons (Fsp3) is 0.100. The lowest BCUT2D eigenvalue weighted by atomic mass is 10.1. The molecule has 0 bridgehead atoms. The van der Waals surface area contributed by atoms with Crippen molar-refractivity contribution in [3.8, 4) is 0 Å². The number of carbonyl (C=O) groups excluding carboxylic acids is 1. The van der Waals surface area contributed by atoms with Gasteiger partial charge in [0.15, 0.2) is 5.69 Å². The van der Waals surface area contributed by atoms with Gasteiger partial charge in [-0.25, -0.2) is 9.37 Å². The molecule has 0 saturated heterocycles. The largest absolute Gasteiger partial charge is 0.446 e. The average Bonchev–Trinajstić information content (AvgIpc) is 3.32. The Kier molecular flexibility index (Phi) is 4.43. The van der Waals surface area contributed by atoms with Crippen molar-refractivity contribution in [1.82, 2.24) is 9.97 Å². The van der Waals surface area contributed by atoms with Gasteiger partial charge in [0.05, 0.1) is 6.04 Å². The highest BCUT2D eigenvalue weighted by Crippen LogP contribution is 2.23. The molecule has 4 rings (SSSR count). The molecule has 1 amide bonds. The van der Waals surface area contributed by atoms with E-state index in [1.165, 1.54) is 30.5 Å². The first kappa shape index (κ1) is 17.0. The molecule has 6 nitrogen and oxygen atoms in total. The van der Waals surface area contributed by atoms with E-state index in [1.54, 1.807) is 0 Å². The predicted octanol–water partition coefficient (Wildman–Crippen LogP) is 3.79. The molecule has 7 heteroatoms. The van der Waals surface area contributed by atoms with Gasteiger partial charge in [0.25, 0.3) is 5.91 Å². The maximum Gasteiger partial charge on any atom is 0.277 e. The maximum absolute atomic E-state index is 12.9. The second-order valence-electron chi connectivity index (χ2n) is 6.20. The lowest BCUT2D eigenvalue weighted by molar-refractivity contribution is 0.102. The molecule has 0 spiro atoms. The number of hydrogen-bond donors (Lipinski definition) is 3. The fourth-order valence-electron chi connectivity index (χ4n) is 2.92. The van der Waals surface area contributed by atoms with Gasteiger partial charge in [0.1, 0.15) is 12.1 Å². The number of nitrogens with two attached hydrogens (primary N) is 1. The molecule has 2 heterocycles. The molecule has 1 unspecified atom stereocenters. The summed E-state index contributed by atoms with van der Waals surface area (Å²) >= 11 is 0. The zero-order valence-corrected chi connectivity index (χ0v) is 14.3. The number of aromatic nitrogens is 2. The average molecular weight is 364 g/mol. The second kappa shape index (κ2) is 7.05. The van der Waals surface area contributed by atoms with Gasteiger partial charge in [-0.15, -0.1) is 0 Å². The molecular formula is C20H17FN4O2. The summed E-state index contributed by atoms with van der Waals surface area (Å²) in [4.78, 5) is 19.7. The summed E-state index contributed by atoms with van der Waals surface area (Å²) in [6.45, 7) is 0. The minimum atomic E-state index is -0.489. The molecule has 0 saturated carbocycles. The quantitative estimate of drug-likeness (QED) is 0.502. The van der Waals surface area contributed by atoms with Crippen molar-refractivity contribution in [2.24, 2.45) is 5.73 Å². The van der Waals surface area contributed by atoms with Gasteiger partial charge in [0.2, 0.25) is 5.89 Å². The van der Waals surface area contributed by atoms with Crippen LogP contribution >= 0.6 is 0 Å². The van der Waals surface area contributed by atoms with Crippen molar-refractivity contribution in [2.75, 3.05) is 5.32 Å². The number of anilines is 1. The Morgan fingerprint density at radius 1 is 1.22 bits per heavy atom. The van der Waals surface area contributed by atoms with Crippen LogP contribution in [0.4, 0.5) is 10.1 Å². The number of nitrogens with zero attached hydrogens (tertiary/aromatic N) is 1. The first-order chi connectivity index (χ1) is 13.1. The number of rotatable bonds is 5. The summed E-state index contributed by atoms with van der Waals surface area (Å²) in [5.74, 6) is -0.541. The molecule has 2 aromatic carbocycles. The first-order valence-corrected chi connectivity index (χ1v) is 8.43. The van der Waals surface area contributed by atoms with Crippen molar-refractivity contribution in [3.63, 3.8) is 0 Å². The molecule has 1 atom stereocenters. The van der Waals surface area contributed by atoms with Gasteiger partial charge in [-0.3, -0.25) is 4.79 Å². The van der Waals surface area contributed by atoms with Crippen molar-refractivity contribution < 1.29 is 13.6 Å². The van der Waals surface area contributed by atoms with E-state index in [-0.39, 0.29) is 17.4 Å². The van der Waals surface area contributed by atoms with Crippen LogP contribution in [0.1, 0.15) is 28.0 Å². The van der Waals surface area contributed by atoms with Crippen LogP contribution in [-0.2, 0) is 6.42 Å². The Labute approximate surface area is 154 Å². The highest BCUT2D eigenvalue weighted by Gasteiger charge is 2.19. The minimum absolute atomic E-state index is 0.115. The number of para-hydroxylation sites is 1. The van der Waals surface area contributed by atoms with E-state index in [4.69, 9.17) is 10.2 Å². The molecule has 0 aliphatic heterocycles. The van der Waals surface area contributed by atoms with E-state index in [2.05, 4.69) is 15.3 Å². The number of aromatic amines is 1. The van der Waals surface area contributed by atoms with Crippen LogP contribution < -0.4 is 11.1 Å². The summed E-state index contributed by atoms with van der Waals surface area (Å²) in [6, 6.07) is 12.9. The third-order valence-electron chi connectivity index (χ3n) is 4.29. The number of amides is 1. The second-order valence-corrected chi connectivity index (χ2v) is 6.20. The van der Waals surface area contributed by atoms with Crippen LogP contribution in [0.15, 0.2) is 65.4 Å². The lowest BCUT2D eigenvalue weighted by Gasteiger charge is -2.06. The van der Waals surface area contributed by atoms with Gasteiger partial charge >= 0.3 is 0 Å². The summed E-state index contributed by atoms with van der Waals surface area (Å²) < 4.78 is 18.3. The molecular weight excluding hydrogens is 347 g/mol. The molecule has 0 aliphatic rings. The summed E-state index contributed by atoms with van der Waals surface area (Å²) in [5.41, 5.74) is 8.88. The topological polar surface area (TPSA) is 96.9 Å². The monoisotopic (exact) mass is 364 g/mol. The smallest absolute Gasteiger partial charge is 0.277 e. The van der Waals surface area contributed by atoms with Gasteiger partial charge in [-0.2, -0.15) is 0 Å². The van der Waals surface area contributed by atoms with Crippen LogP contribution in [0.5, 0.6) is 0 Å². The van der Waals surface area contributed by atoms with Crippen LogP contribution in [0, 0.1) is 5.82 Å². The summed E-state index contributed by atoms with van der Waals surface area (Å²) in [5, 5.41) is 3.72. The number of nitrogens with one attached hydrogen (secondary N) is 2. The minimum Gasteiger partial charge on any atom is -0.446 e. The molecule has 27 heavy (non-hydrogen) atoms. The molecule has 2 aromatic heterocycles. The van der Waals surface area contributed by atoms with Crippen molar-refractivity contribution in [1.29, 1.82) is 0 Å². The third-order valence-corrected chi connectivity index (χ3v) is 4.29. The zero-order valence-electron chi connectivity index (χ0n) is 14.3. The first-order valence-electron chi connectivity index (χ1n) is 8.43. The summed E-state index contributed by atoms with van der Waals surface area (Å²) in [6.07, 6.45) is 3.70. The molecule has 4 N–H and O–H groups in total.